The van der Waals surface area contributed by atoms with Crippen LogP contribution in [0.3, 0.4) is 0 Å². The van der Waals surface area contributed by atoms with Crippen molar-refractivity contribution in [2.45, 2.75) is 24.3 Å². The van der Waals surface area contributed by atoms with Crippen molar-refractivity contribution in [2.75, 3.05) is 12.8 Å². The van der Waals surface area contributed by atoms with Crippen LogP contribution >= 0.6 is 0 Å². The topological polar surface area (TPSA) is 78.6 Å². The SMILES string of the molecule is COS(=O)(=O)c1ccc(C)cc1C1Cc2cccc(N)c2O1. The summed E-state index contributed by atoms with van der Waals surface area (Å²) in [6, 6.07) is 10.7. The zero-order chi connectivity index (χ0) is 15.9. The number of rotatable bonds is 3. The fourth-order valence-electron chi connectivity index (χ4n) is 2.70. The zero-order valence-electron chi connectivity index (χ0n) is 12.4. The molecule has 0 aliphatic carbocycles. The van der Waals surface area contributed by atoms with Gasteiger partial charge in [0.15, 0.2) is 0 Å². The van der Waals surface area contributed by atoms with Crippen LogP contribution in [0.4, 0.5) is 5.69 Å². The first-order valence-electron chi connectivity index (χ1n) is 6.87. The van der Waals surface area contributed by atoms with E-state index in [1.807, 2.05) is 25.1 Å². The third kappa shape index (κ3) is 2.44. The average molecular weight is 319 g/mol. The summed E-state index contributed by atoms with van der Waals surface area (Å²) in [5.41, 5.74) is 9.01. The Morgan fingerprint density at radius 2 is 2.05 bits per heavy atom. The van der Waals surface area contributed by atoms with Gasteiger partial charge in [0.1, 0.15) is 16.7 Å². The lowest BCUT2D eigenvalue weighted by atomic mass is 10.0. The predicted octanol–water partition coefficient (Wildman–Crippen LogP) is 2.59. The van der Waals surface area contributed by atoms with Crippen molar-refractivity contribution in [1.29, 1.82) is 0 Å². The second-order valence-corrected chi connectivity index (χ2v) is 6.99. The van der Waals surface area contributed by atoms with Crippen molar-refractivity contribution in [3.8, 4) is 5.75 Å². The third-order valence-electron chi connectivity index (χ3n) is 3.79. The van der Waals surface area contributed by atoms with E-state index in [-0.39, 0.29) is 11.0 Å². The molecule has 5 nitrogen and oxygen atoms in total. The second-order valence-electron chi connectivity index (χ2n) is 5.31. The Balaban J connectivity index is 2.08. The van der Waals surface area contributed by atoms with Crippen LogP contribution in [0.15, 0.2) is 41.3 Å². The average Bonchev–Trinajstić information content (AvgIpc) is 2.92. The Hall–Kier alpha value is -2.05. The molecule has 1 heterocycles. The third-order valence-corrected chi connectivity index (χ3v) is 5.14. The molecule has 0 bridgehead atoms. The number of anilines is 1. The molecule has 0 aromatic heterocycles. The number of aryl methyl sites for hydroxylation is 1. The van der Waals surface area contributed by atoms with Gasteiger partial charge in [0.2, 0.25) is 0 Å². The lowest BCUT2D eigenvalue weighted by molar-refractivity contribution is 0.235. The summed E-state index contributed by atoms with van der Waals surface area (Å²) in [6.45, 7) is 1.91. The number of hydrogen-bond acceptors (Lipinski definition) is 5. The first kappa shape index (κ1) is 14.9. The number of para-hydroxylation sites is 1. The van der Waals surface area contributed by atoms with E-state index in [2.05, 4.69) is 4.18 Å². The second kappa shape index (κ2) is 5.30. The van der Waals surface area contributed by atoms with Gasteiger partial charge in [-0.15, -0.1) is 0 Å². The van der Waals surface area contributed by atoms with Gasteiger partial charge in [-0.05, 0) is 19.1 Å². The van der Waals surface area contributed by atoms with Gasteiger partial charge >= 0.3 is 0 Å². The van der Waals surface area contributed by atoms with Crippen LogP contribution in [0.1, 0.15) is 22.8 Å². The van der Waals surface area contributed by atoms with Gasteiger partial charge in [-0.1, -0.05) is 29.8 Å². The Kier molecular flexibility index (Phi) is 3.58. The van der Waals surface area contributed by atoms with Crippen molar-refractivity contribution in [1.82, 2.24) is 0 Å². The highest BCUT2D eigenvalue weighted by atomic mass is 32.2. The smallest absolute Gasteiger partial charge is 0.297 e. The van der Waals surface area contributed by atoms with E-state index in [9.17, 15) is 8.42 Å². The highest BCUT2D eigenvalue weighted by Gasteiger charge is 2.31. The minimum Gasteiger partial charge on any atom is -0.483 e. The molecule has 1 unspecified atom stereocenters. The lowest BCUT2D eigenvalue weighted by Crippen LogP contribution is -2.12. The molecular weight excluding hydrogens is 302 g/mol. The predicted molar refractivity (Wildman–Crippen MR) is 83.3 cm³/mol. The van der Waals surface area contributed by atoms with E-state index < -0.39 is 10.1 Å². The Labute approximate surface area is 129 Å². The monoisotopic (exact) mass is 319 g/mol. The van der Waals surface area contributed by atoms with Crippen molar-refractivity contribution in [3.63, 3.8) is 0 Å². The normalized spacial score (nSPS) is 17.1. The molecule has 0 spiro atoms. The van der Waals surface area contributed by atoms with E-state index in [4.69, 9.17) is 10.5 Å². The van der Waals surface area contributed by atoms with Gasteiger partial charge in [0, 0.05) is 17.5 Å². The van der Waals surface area contributed by atoms with Gasteiger partial charge in [0.25, 0.3) is 10.1 Å². The van der Waals surface area contributed by atoms with Gasteiger partial charge in [-0.2, -0.15) is 8.42 Å². The van der Waals surface area contributed by atoms with E-state index >= 15 is 0 Å². The molecular formula is C16H17NO4S. The summed E-state index contributed by atoms with van der Waals surface area (Å²) in [6.07, 6.45) is 0.190. The van der Waals surface area contributed by atoms with E-state index in [0.717, 1.165) is 18.2 Å². The maximum absolute atomic E-state index is 12.1. The Morgan fingerprint density at radius 3 is 2.73 bits per heavy atom. The highest BCUT2D eigenvalue weighted by Crippen LogP contribution is 2.42. The van der Waals surface area contributed by atoms with Crippen LogP contribution in [0.2, 0.25) is 0 Å². The van der Waals surface area contributed by atoms with Gasteiger partial charge < -0.3 is 10.5 Å². The summed E-state index contributed by atoms with van der Waals surface area (Å²) >= 11 is 0. The fraction of sp³-hybridized carbons (Fsp3) is 0.250. The number of benzene rings is 2. The molecule has 1 aliphatic heterocycles. The number of fused-ring (bicyclic) bond motifs is 1. The zero-order valence-corrected chi connectivity index (χ0v) is 13.2. The molecule has 116 valence electrons. The van der Waals surface area contributed by atoms with Crippen LogP contribution in [0, 0.1) is 6.92 Å². The van der Waals surface area contributed by atoms with E-state index in [1.165, 1.54) is 0 Å². The molecule has 0 radical (unpaired) electrons. The summed E-state index contributed by atoms with van der Waals surface area (Å²) in [4.78, 5) is 0.136. The summed E-state index contributed by atoms with van der Waals surface area (Å²) < 4.78 is 34.8. The Bertz CT molecular complexity index is 830. The van der Waals surface area contributed by atoms with Crippen LogP contribution in [0.25, 0.3) is 0 Å². The molecule has 2 aromatic carbocycles. The van der Waals surface area contributed by atoms with E-state index in [1.54, 1.807) is 18.2 Å². The molecule has 2 N–H and O–H groups in total. The van der Waals surface area contributed by atoms with Gasteiger partial charge in [-0.3, -0.25) is 4.18 Å². The molecule has 0 fully saturated rings. The lowest BCUT2D eigenvalue weighted by Gasteiger charge is -2.16. The molecule has 6 heteroatoms. The largest absolute Gasteiger partial charge is 0.483 e. The molecule has 2 aromatic rings. The minimum atomic E-state index is -3.79. The summed E-state index contributed by atoms with van der Waals surface area (Å²) in [5, 5.41) is 0. The molecule has 0 amide bonds. The standard InChI is InChI=1S/C16H17NO4S/c1-10-6-7-15(22(18,19)20-2)12(8-10)14-9-11-4-3-5-13(17)16(11)21-14/h3-8,14H,9,17H2,1-2H3. The fourth-order valence-corrected chi connectivity index (χ4v) is 3.60. The van der Waals surface area contributed by atoms with Crippen LogP contribution < -0.4 is 10.5 Å². The number of ether oxygens (including phenoxy) is 1. The highest BCUT2D eigenvalue weighted by molar-refractivity contribution is 7.86. The first-order chi connectivity index (χ1) is 10.4. The van der Waals surface area contributed by atoms with Crippen LogP contribution in [0.5, 0.6) is 5.75 Å². The molecule has 3 rings (SSSR count). The molecule has 22 heavy (non-hydrogen) atoms. The maximum atomic E-state index is 12.1. The molecule has 0 saturated heterocycles. The van der Waals surface area contributed by atoms with Crippen LogP contribution in [-0.2, 0) is 20.7 Å². The number of nitrogen functional groups attached to an aromatic ring is 1. The van der Waals surface area contributed by atoms with Gasteiger partial charge in [0.05, 0.1) is 12.8 Å². The first-order valence-corrected chi connectivity index (χ1v) is 8.28. The maximum Gasteiger partial charge on any atom is 0.297 e. The number of hydrogen-bond donors (Lipinski definition) is 1. The molecule has 1 aliphatic rings. The van der Waals surface area contributed by atoms with E-state index in [0.29, 0.717) is 23.4 Å². The summed E-state index contributed by atoms with van der Waals surface area (Å²) in [7, 11) is -2.64. The minimum absolute atomic E-state index is 0.136. The van der Waals surface area contributed by atoms with Crippen molar-refractivity contribution in [3.05, 3.63) is 53.1 Å². The molecule has 0 saturated carbocycles. The Morgan fingerprint density at radius 1 is 1.27 bits per heavy atom. The van der Waals surface area contributed by atoms with Crippen molar-refractivity contribution in [2.24, 2.45) is 0 Å². The quantitative estimate of drug-likeness (QED) is 0.695. The van der Waals surface area contributed by atoms with Crippen LogP contribution in [-0.4, -0.2) is 15.5 Å². The molecule has 1 atom stereocenters. The van der Waals surface area contributed by atoms with Crippen molar-refractivity contribution < 1.29 is 17.3 Å². The van der Waals surface area contributed by atoms with Crippen molar-refractivity contribution >= 4 is 15.8 Å². The summed E-state index contributed by atoms with van der Waals surface area (Å²) in [5.74, 6) is 0.634. The van der Waals surface area contributed by atoms with Gasteiger partial charge in [-0.25, -0.2) is 0 Å². The number of nitrogens with two attached hydrogens (primary N) is 1.